The van der Waals surface area contributed by atoms with Crippen LogP contribution < -0.4 is 28.6 Å². The van der Waals surface area contributed by atoms with E-state index in [2.05, 4.69) is 21.9 Å². The van der Waals surface area contributed by atoms with Crippen molar-refractivity contribution in [2.24, 2.45) is 0 Å². The average molecular weight is 547 g/mol. The summed E-state index contributed by atoms with van der Waals surface area (Å²) in [5.74, 6) is 3.71. The lowest BCUT2D eigenvalue weighted by Crippen LogP contribution is -2.47. The maximum absolute atomic E-state index is 5.63. The third kappa shape index (κ3) is 5.60. The van der Waals surface area contributed by atoms with Crippen LogP contribution in [0.4, 0.5) is 5.69 Å². The van der Waals surface area contributed by atoms with Gasteiger partial charge in [0, 0.05) is 50.6 Å². The maximum atomic E-state index is 5.63. The summed E-state index contributed by atoms with van der Waals surface area (Å²) in [7, 11) is 8.34. The number of rotatable bonds is 11. The zero-order chi connectivity index (χ0) is 28.1. The summed E-state index contributed by atoms with van der Waals surface area (Å²) in [6, 6.07) is 18.2. The minimum atomic E-state index is 0.587. The number of fused-ring (bicyclic) bond motifs is 1. The molecule has 4 aromatic rings. The normalized spacial score (nSPS) is 13.9. The number of methoxy groups -OCH3 is 5. The lowest BCUT2D eigenvalue weighted by Gasteiger charge is -2.36. The molecule has 0 spiro atoms. The molecule has 3 aromatic carbocycles. The van der Waals surface area contributed by atoms with Crippen molar-refractivity contribution in [3.63, 3.8) is 0 Å². The number of nitrogens with zero attached hydrogens (tertiary/aromatic N) is 4. The van der Waals surface area contributed by atoms with Gasteiger partial charge in [-0.25, -0.2) is 0 Å². The molecule has 0 atom stereocenters. The van der Waals surface area contributed by atoms with Crippen LogP contribution in [0.1, 0.15) is 11.3 Å². The zero-order valence-electron chi connectivity index (χ0n) is 24.0. The fraction of sp³-hybridized carbons (Fsp3) is 0.387. The Kier molecular flexibility index (Phi) is 8.50. The molecule has 0 N–H and O–H groups in total. The van der Waals surface area contributed by atoms with Gasteiger partial charge in [-0.3, -0.25) is 9.58 Å². The minimum absolute atomic E-state index is 0.587. The number of aromatic nitrogens is 2. The maximum Gasteiger partial charge on any atom is 0.162 e. The lowest BCUT2D eigenvalue weighted by molar-refractivity contribution is 0.259. The highest BCUT2D eigenvalue weighted by Crippen LogP contribution is 2.35. The molecule has 0 bridgehead atoms. The Morgan fingerprint density at radius 2 is 1.32 bits per heavy atom. The average Bonchev–Trinajstić information content (AvgIpc) is 3.34. The molecule has 1 fully saturated rings. The van der Waals surface area contributed by atoms with E-state index in [9.17, 15) is 0 Å². The van der Waals surface area contributed by atoms with E-state index in [0.717, 1.165) is 72.7 Å². The Labute approximate surface area is 235 Å². The Morgan fingerprint density at radius 3 is 2.02 bits per heavy atom. The summed E-state index contributed by atoms with van der Waals surface area (Å²) in [5.41, 5.74) is 4.27. The van der Waals surface area contributed by atoms with Crippen molar-refractivity contribution in [3.8, 4) is 28.7 Å². The van der Waals surface area contributed by atoms with Crippen LogP contribution in [0.25, 0.3) is 10.9 Å². The first-order valence-electron chi connectivity index (χ1n) is 13.5. The van der Waals surface area contributed by atoms with Crippen LogP contribution in [0.3, 0.4) is 0 Å². The predicted molar refractivity (Wildman–Crippen MR) is 157 cm³/mol. The number of anilines is 1. The monoisotopic (exact) mass is 546 g/mol. The van der Waals surface area contributed by atoms with Gasteiger partial charge in [-0.05, 0) is 35.9 Å². The Balaban J connectivity index is 1.35. The predicted octanol–water partition coefficient (Wildman–Crippen LogP) is 4.49. The first kappa shape index (κ1) is 27.5. The molecule has 1 saturated heterocycles. The minimum Gasteiger partial charge on any atom is -0.495 e. The molecular weight excluding hydrogens is 508 g/mol. The molecule has 40 heavy (non-hydrogen) atoms. The molecule has 0 unspecified atom stereocenters. The van der Waals surface area contributed by atoms with Gasteiger partial charge in [-0.1, -0.05) is 18.2 Å². The van der Waals surface area contributed by atoms with Crippen LogP contribution in [0.15, 0.2) is 54.6 Å². The van der Waals surface area contributed by atoms with Gasteiger partial charge in [0.05, 0.1) is 59.0 Å². The number of ether oxygens (including phenoxy) is 5. The van der Waals surface area contributed by atoms with Crippen LogP contribution in [0, 0.1) is 0 Å². The van der Waals surface area contributed by atoms with Crippen molar-refractivity contribution in [2.75, 3.05) is 73.2 Å². The molecule has 5 rings (SSSR count). The van der Waals surface area contributed by atoms with Crippen molar-refractivity contribution >= 4 is 16.6 Å². The van der Waals surface area contributed by atoms with E-state index in [0.29, 0.717) is 29.5 Å². The van der Waals surface area contributed by atoms with Gasteiger partial charge < -0.3 is 28.6 Å². The van der Waals surface area contributed by atoms with Gasteiger partial charge in [0.25, 0.3) is 0 Å². The van der Waals surface area contributed by atoms with E-state index in [-0.39, 0.29) is 0 Å². The van der Waals surface area contributed by atoms with Crippen molar-refractivity contribution in [1.82, 2.24) is 14.7 Å². The van der Waals surface area contributed by atoms with Crippen LogP contribution in [-0.4, -0.2) is 83.0 Å². The summed E-state index contributed by atoms with van der Waals surface area (Å²) < 4.78 is 29.8. The topological polar surface area (TPSA) is 70.5 Å². The molecular formula is C31H38N4O5. The SMILES string of the molecule is COc1ccc(Cn2nc(CCN3CCN(c4ccccc4OC)CC3)c3cc(OC)c(OC)cc32)cc1OC. The molecule has 1 aliphatic rings. The van der Waals surface area contributed by atoms with E-state index in [1.54, 1.807) is 35.5 Å². The van der Waals surface area contributed by atoms with Crippen LogP contribution in [0.5, 0.6) is 28.7 Å². The van der Waals surface area contributed by atoms with E-state index >= 15 is 0 Å². The molecule has 1 aliphatic heterocycles. The standard InChI is InChI=1S/C31H38N4O5/c1-36-27-9-7-6-8-25(27)34-16-14-33(15-17-34)13-12-24-23-19-30(39-4)31(40-5)20-26(23)35(32-24)21-22-10-11-28(37-2)29(18-22)38-3/h6-11,18-20H,12-17,21H2,1-5H3. The highest BCUT2D eigenvalue weighted by molar-refractivity contribution is 5.86. The molecule has 0 amide bonds. The third-order valence-corrected chi connectivity index (χ3v) is 7.58. The first-order chi connectivity index (χ1) is 19.6. The Morgan fingerprint density at radius 1 is 0.675 bits per heavy atom. The van der Waals surface area contributed by atoms with Crippen molar-refractivity contribution in [3.05, 3.63) is 65.9 Å². The summed E-state index contributed by atoms with van der Waals surface area (Å²) >= 11 is 0. The smallest absolute Gasteiger partial charge is 0.162 e. The molecule has 1 aromatic heterocycles. The molecule has 0 aliphatic carbocycles. The van der Waals surface area contributed by atoms with E-state index < -0.39 is 0 Å². The van der Waals surface area contributed by atoms with Gasteiger partial charge in [-0.2, -0.15) is 5.10 Å². The van der Waals surface area contributed by atoms with Gasteiger partial charge >= 0.3 is 0 Å². The van der Waals surface area contributed by atoms with Crippen LogP contribution >= 0.6 is 0 Å². The van der Waals surface area contributed by atoms with Crippen molar-refractivity contribution in [2.45, 2.75) is 13.0 Å². The largest absolute Gasteiger partial charge is 0.495 e. The quantitative estimate of drug-likeness (QED) is 0.273. The number of piperazine rings is 1. The fourth-order valence-corrected chi connectivity index (χ4v) is 5.39. The number of hydrogen-bond acceptors (Lipinski definition) is 8. The van der Waals surface area contributed by atoms with E-state index in [1.165, 1.54) is 0 Å². The summed E-state index contributed by atoms with van der Waals surface area (Å²) in [6.45, 7) is 5.40. The zero-order valence-corrected chi connectivity index (χ0v) is 24.0. The molecule has 2 heterocycles. The molecule has 9 heteroatoms. The van der Waals surface area contributed by atoms with Crippen molar-refractivity contribution in [1.29, 1.82) is 0 Å². The van der Waals surface area contributed by atoms with Gasteiger partial charge in [0.2, 0.25) is 0 Å². The Bertz CT molecular complexity index is 1450. The molecule has 9 nitrogen and oxygen atoms in total. The second kappa shape index (κ2) is 12.4. The van der Waals surface area contributed by atoms with Crippen LogP contribution in [-0.2, 0) is 13.0 Å². The number of benzene rings is 3. The second-order valence-electron chi connectivity index (χ2n) is 9.77. The lowest BCUT2D eigenvalue weighted by atomic mass is 10.1. The molecule has 212 valence electrons. The highest BCUT2D eigenvalue weighted by Gasteiger charge is 2.21. The second-order valence-corrected chi connectivity index (χ2v) is 9.77. The number of hydrogen-bond donors (Lipinski definition) is 0. The van der Waals surface area contributed by atoms with Crippen LogP contribution in [0.2, 0.25) is 0 Å². The highest BCUT2D eigenvalue weighted by atomic mass is 16.5. The summed E-state index contributed by atoms with van der Waals surface area (Å²) in [6.07, 6.45) is 0.833. The summed E-state index contributed by atoms with van der Waals surface area (Å²) in [5, 5.41) is 6.16. The third-order valence-electron chi connectivity index (χ3n) is 7.58. The fourth-order valence-electron chi connectivity index (χ4n) is 5.39. The number of para-hydroxylation sites is 2. The Hall–Kier alpha value is -4.11. The van der Waals surface area contributed by atoms with Gasteiger partial charge in [-0.15, -0.1) is 0 Å². The molecule has 0 saturated carbocycles. The first-order valence-corrected chi connectivity index (χ1v) is 13.5. The van der Waals surface area contributed by atoms with E-state index in [1.807, 2.05) is 47.1 Å². The van der Waals surface area contributed by atoms with Crippen molar-refractivity contribution < 1.29 is 23.7 Å². The summed E-state index contributed by atoms with van der Waals surface area (Å²) in [4.78, 5) is 4.91. The van der Waals surface area contributed by atoms with Gasteiger partial charge in [0.1, 0.15) is 5.75 Å². The van der Waals surface area contributed by atoms with E-state index in [4.69, 9.17) is 28.8 Å². The van der Waals surface area contributed by atoms with Gasteiger partial charge in [0.15, 0.2) is 23.0 Å². The molecule has 0 radical (unpaired) electrons.